The van der Waals surface area contributed by atoms with Crippen molar-refractivity contribution in [2.75, 3.05) is 6.54 Å². The Morgan fingerprint density at radius 1 is 1.22 bits per heavy atom. The number of hydrogen-bond donors (Lipinski definition) is 1. The SMILES string of the molecule is NCCc1nccn1-c1ccc(C(F)(F)F)nn1. The smallest absolute Gasteiger partial charge is 0.330 e. The Hall–Kier alpha value is -1.96. The minimum atomic E-state index is -4.49. The average Bonchev–Trinajstić information content (AvgIpc) is 2.77. The third kappa shape index (κ3) is 2.48. The Labute approximate surface area is 100 Å². The van der Waals surface area contributed by atoms with E-state index in [1.807, 2.05) is 0 Å². The zero-order valence-corrected chi connectivity index (χ0v) is 9.22. The van der Waals surface area contributed by atoms with E-state index in [2.05, 4.69) is 15.2 Å². The van der Waals surface area contributed by atoms with Gasteiger partial charge >= 0.3 is 6.18 Å². The van der Waals surface area contributed by atoms with Gasteiger partial charge in [0.25, 0.3) is 0 Å². The van der Waals surface area contributed by atoms with Crippen molar-refractivity contribution in [2.24, 2.45) is 5.73 Å². The van der Waals surface area contributed by atoms with Crippen molar-refractivity contribution in [3.63, 3.8) is 0 Å². The molecule has 0 aliphatic heterocycles. The Morgan fingerprint density at radius 3 is 2.56 bits per heavy atom. The molecule has 18 heavy (non-hydrogen) atoms. The fraction of sp³-hybridized carbons (Fsp3) is 0.300. The zero-order chi connectivity index (χ0) is 13.2. The van der Waals surface area contributed by atoms with E-state index in [1.54, 1.807) is 10.8 Å². The number of halogens is 3. The van der Waals surface area contributed by atoms with Crippen LogP contribution in [0.2, 0.25) is 0 Å². The number of alkyl halides is 3. The first-order valence-corrected chi connectivity index (χ1v) is 5.16. The highest BCUT2D eigenvalue weighted by Gasteiger charge is 2.32. The van der Waals surface area contributed by atoms with Crippen LogP contribution in [-0.4, -0.2) is 26.3 Å². The summed E-state index contributed by atoms with van der Waals surface area (Å²) in [7, 11) is 0. The van der Waals surface area contributed by atoms with Crippen molar-refractivity contribution in [3.8, 4) is 5.82 Å². The van der Waals surface area contributed by atoms with Gasteiger partial charge in [0.1, 0.15) is 5.82 Å². The molecule has 0 saturated heterocycles. The van der Waals surface area contributed by atoms with Crippen LogP contribution in [0.4, 0.5) is 13.2 Å². The summed E-state index contributed by atoms with van der Waals surface area (Å²) in [5.74, 6) is 0.913. The van der Waals surface area contributed by atoms with Crippen molar-refractivity contribution in [3.05, 3.63) is 36.0 Å². The van der Waals surface area contributed by atoms with Crippen LogP contribution in [-0.2, 0) is 12.6 Å². The fourth-order valence-corrected chi connectivity index (χ4v) is 1.46. The van der Waals surface area contributed by atoms with Gasteiger partial charge in [0.05, 0.1) is 0 Å². The van der Waals surface area contributed by atoms with Crippen LogP contribution in [0, 0.1) is 0 Å². The molecule has 0 saturated carbocycles. The third-order valence-corrected chi connectivity index (χ3v) is 2.27. The maximum absolute atomic E-state index is 12.3. The maximum Gasteiger partial charge on any atom is 0.435 e. The summed E-state index contributed by atoms with van der Waals surface area (Å²) >= 11 is 0. The average molecular weight is 257 g/mol. The molecule has 2 N–H and O–H groups in total. The number of rotatable bonds is 3. The molecule has 0 aliphatic rings. The number of imidazole rings is 1. The van der Waals surface area contributed by atoms with Crippen LogP contribution in [0.15, 0.2) is 24.5 Å². The monoisotopic (exact) mass is 257 g/mol. The lowest BCUT2D eigenvalue weighted by molar-refractivity contribution is -0.141. The lowest BCUT2D eigenvalue weighted by Gasteiger charge is -2.07. The Bertz CT molecular complexity index is 517. The summed E-state index contributed by atoms with van der Waals surface area (Å²) in [6.07, 6.45) is -0.844. The molecule has 0 aliphatic carbocycles. The molecule has 2 aromatic heterocycles. The second kappa shape index (κ2) is 4.73. The first-order valence-electron chi connectivity index (χ1n) is 5.16. The Morgan fingerprint density at radius 2 is 2.00 bits per heavy atom. The lowest BCUT2D eigenvalue weighted by atomic mass is 10.3. The summed E-state index contributed by atoms with van der Waals surface area (Å²) in [6.45, 7) is 0.394. The van der Waals surface area contributed by atoms with Crippen molar-refractivity contribution < 1.29 is 13.2 Å². The summed E-state index contributed by atoms with van der Waals surface area (Å²) < 4.78 is 38.5. The highest BCUT2D eigenvalue weighted by Crippen LogP contribution is 2.27. The molecular weight excluding hydrogens is 247 g/mol. The predicted molar refractivity (Wildman–Crippen MR) is 56.9 cm³/mol. The van der Waals surface area contributed by atoms with E-state index in [0.29, 0.717) is 18.8 Å². The zero-order valence-electron chi connectivity index (χ0n) is 9.22. The van der Waals surface area contributed by atoms with Crippen LogP contribution >= 0.6 is 0 Å². The fourth-order valence-electron chi connectivity index (χ4n) is 1.46. The molecule has 8 heteroatoms. The van der Waals surface area contributed by atoms with Gasteiger partial charge in [-0.2, -0.15) is 13.2 Å². The molecule has 2 heterocycles. The van der Waals surface area contributed by atoms with E-state index in [0.717, 1.165) is 6.07 Å². The van der Waals surface area contributed by atoms with Gasteiger partial charge in [-0.3, -0.25) is 4.57 Å². The largest absolute Gasteiger partial charge is 0.435 e. The minimum Gasteiger partial charge on any atom is -0.330 e. The van der Waals surface area contributed by atoms with Crippen molar-refractivity contribution >= 4 is 0 Å². The minimum absolute atomic E-state index is 0.281. The molecule has 0 amide bonds. The highest BCUT2D eigenvalue weighted by atomic mass is 19.4. The topological polar surface area (TPSA) is 69.6 Å². The van der Waals surface area contributed by atoms with Gasteiger partial charge in [-0.15, -0.1) is 10.2 Å². The van der Waals surface area contributed by atoms with Gasteiger partial charge in [0, 0.05) is 18.8 Å². The van der Waals surface area contributed by atoms with Crippen LogP contribution < -0.4 is 5.73 Å². The number of nitrogens with zero attached hydrogens (tertiary/aromatic N) is 4. The van der Waals surface area contributed by atoms with Gasteiger partial charge in [-0.05, 0) is 18.7 Å². The molecule has 0 fully saturated rings. The quantitative estimate of drug-likeness (QED) is 0.896. The summed E-state index contributed by atoms with van der Waals surface area (Å²) in [5, 5.41) is 6.69. The van der Waals surface area contributed by atoms with Crippen molar-refractivity contribution in [1.82, 2.24) is 19.7 Å². The first-order chi connectivity index (χ1) is 8.52. The van der Waals surface area contributed by atoms with E-state index in [-0.39, 0.29) is 5.82 Å². The van der Waals surface area contributed by atoms with Crippen LogP contribution in [0.3, 0.4) is 0 Å². The number of aromatic nitrogens is 4. The van der Waals surface area contributed by atoms with Gasteiger partial charge in [-0.1, -0.05) is 0 Å². The van der Waals surface area contributed by atoms with E-state index < -0.39 is 11.9 Å². The molecule has 0 radical (unpaired) electrons. The van der Waals surface area contributed by atoms with E-state index in [1.165, 1.54) is 12.3 Å². The summed E-state index contributed by atoms with van der Waals surface area (Å²) in [5.41, 5.74) is 4.39. The predicted octanol–water partition coefficient (Wildman–Crippen LogP) is 1.18. The van der Waals surface area contributed by atoms with E-state index in [9.17, 15) is 13.2 Å². The summed E-state index contributed by atoms with van der Waals surface area (Å²) in [4.78, 5) is 4.05. The molecule has 0 unspecified atom stereocenters. The van der Waals surface area contributed by atoms with Crippen LogP contribution in [0.5, 0.6) is 0 Å². The van der Waals surface area contributed by atoms with Gasteiger partial charge in [0.2, 0.25) is 0 Å². The molecule has 0 bridgehead atoms. The standard InChI is InChI=1S/C10H10F3N5/c11-10(12,13)7-1-2-9(17-16-7)18-6-5-15-8(18)3-4-14/h1-2,5-6H,3-4,14H2. The molecule has 96 valence electrons. The highest BCUT2D eigenvalue weighted by molar-refractivity contribution is 5.24. The van der Waals surface area contributed by atoms with Crippen molar-refractivity contribution in [2.45, 2.75) is 12.6 Å². The number of hydrogen-bond acceptors (Lipinski definition) is 4. The normalized spacial score (nSPS) is 11.8. The molecule has 0 atom stereocenters. The molecule has 2 rings (SSSR count). The number of nitrogens with two attached hydrogens (primary N) is 1. The molecule has 0 spiro atoms. The van der Waals surface area contributed by atoms with E-state index in [4.69, 9.17) is 5.73 Å². The summed E-state index contributed by atoms with van der Waals surface area (Å²) in [6, 6.07) is 2.13. The van der Waals surface area contributed by atoms with Crippen molar-refractivity contribution in [1.29, 1.82) is 0 Å². The molecule has 2 aromatic rings. The van der Waals surface area contributed by atoms with E-state index >= 15 is 0 Å². The first kappa shape index (κ1) is 12.5. The maximum atomic E-state index is 12.3. The molecular formula is C10H10F3N5. The van der Waals surface area contributed by atoms with Crippen LogP contribution in [0.25, 0.3) is 5.82 Å². The Kier molecular flexibility index (Phi) is 3.28. The second-order valence-electron chi connectivity index (χ2n) is 3.53. The van der Waals surface area contributed by atoms with Gasteiger partial charge in [-0.25, -0.2) is 4.98 Å². The van der Waals surface area contributed by atoms with Gasteiger partial charge < -0.3 is 5.73 Å². The second-order valence-corrected chi connectivity index (χ2v) is 3.53. The third-order valence-electron chi connectivity index (χ3n) is 2.27. The van der Waals surface area contributed by atoms with Crippen LogP contribution in [0.1, 0.15) is 11.5 Å². The molecule has 5 nitrogen and oxygen atoms in total. The van der Waals surface area contributed by atoms with Gasteiger partial charge in [0.15, 0.2) is 11.5 Å². The molecule has 0 aromatic carbocycles. The lowest BCUT2D eigenvalue weighted by Crippen LogP contribution is -2.12. The Balaban J connectivity index is 2.32.